The van der Waals surface area contributed by atoms with Crippen molar-refractivity contribution in [2.45, 2.75) is 50.3 Å². The molecule has 5 rings (SSSR count). The van der Waals surface area contributed by atoms with Gasteiger partial charge in [0.2, 0.25) is 12.0 Å². The summed E-state index contributed by atoms with van der Waals surface area (Å²) in [7, 11) is 1.59. The Hall–Kier alpha value is -3.52. The van der Waals surface area contributed by atoms with Crippen LogP contribution in [0.3, 0.4) is 0 Å². The molecule has 2 atom stereocenters. The zero-order valence-corrected chi connectivity index (χ0v) is 21.0. The van der Waals surface area contributed by atoms with Crippen molar-refractivity contribution < 1.29 is 23.8 Å². The molecule has 2 amide bonds. The predicted molar refractivity (Wildman–Crippen MR) is 139 cm³/mol. The van der Waals surface area contributed by atoms with Crippen LogP contribution in [0.2, 0.25) is 0 Å². The van der Waals surface area contributed by atoms with E-state index in [9.17, 15) is 9.59 Å². The molecular weight excluding hydrogens is 476 g/mol. The van der Waals surface area contributed by atoms with Gasteiger partial charge in [-0.15, -0.1) is 11.3 Å². The number of nitrogens with one attached hydrogen (secondary N) is 1. The number of methoxy groups -OCH3 is 1. The van der Waals surface area contributed by atoms with Gasteiger partial charge in [-0.05, 0) is 60.7 Å². The quantitative estimate of drug-likeness (QED) is 0.481. The number of rotatable bonds is 7. The average Bonchev–Trinajstić information content (AvgIpc) is 3.46. The summed E-state index contributed by atoms with van der Waals surface area (Å²) >= 11 is 1.45. The van der Waals surface area contributed by atoms with E-state index < -0.39 is 12.1 Å². The van der Waals surface area contributed by atoms with Crippen LogP contribution >= 0.6 is 11.3 Å². The van der Waals surface area contributed by atoms with E-state index in [0.717, 1.165) is 30.6 Å². The van der Waals surface area contributed by atoms with Gasteiger partial charge in [-0.3, -0.25) is 14.5 Å². The van der Waals surface area contributed by atoms with E-state index in [2.05, 4.69) is 5.32 Å². The highest BCUT2D eigenvalue weighted by molar-refractivity contribution is 7.10. The summed E-state index contributed by atoms with van der Waals surface area (Å²) in [6, 6.07) is 17.5. The molecule has 1 aliphatic heterocycles. The van der Waals surface area contributed by atoms with E-state index in [4.69, 9.17) is 14.2 Å². The maximum atomic E-state index is 14.1. The summed E-state index contributed by atoms with van der Waals surface area (Å²) in [5, 5.41) is 5.15. The largest absolute Gasteiger partial charge is 0.497 e. The van der Waals surface area contributed by atoms with Crippen molar-refractivity contribution in [2.75, 3.05) is 18.6 Å². The van der Waals surface area contributed by atoms with Crippen molar-refractivity contribution in [1.29, 1.82) is 0 Å². The molecule has 2 heterocycles. The third kappa shape index (κ3) is 5.18. The summed E-state index contributed by atoms with van der Waals surface area (Å²) in [5.41, 5.74) is 0.584. The lowest BCUT2D eigenvalue weighted by Crippen LogP contribution is -2.52. The number of nitrogens with zero attached hydrogens (tertiary/aromatic N) is 1. The highest BCUT2D eigenvalue weighted by atomic mass is 32.1. The van der Waals surface area contributed by atoms with Crippen molar-refractivity contribution in [2.24, 2.45) is 0 Å². The predicted octanol–water partition coefficient (Wildman–Crippen LogP) is 5.12. The maximum absolute atomic E-state index is 14.1. The Bertz CT molecular complexity index is 1170. The number of carbonyl (C=O) groups is 2. The number of anilines is 1. The van der Waals surface area contributed by atoms with Gasteiger partial charge < -0.3 is 19.5 Å². The standard InChI is InChI=1S/C28H30N2O5S/c1-33-21-15-13-20(14-16-21)30(28(32)24-18-34-22-10-5-6-11-23(22)35-24)26(25-12-7-17-36-25)27(31)29-19-8-3-2-4-9-19/h5-7,10-17,19,24,26H,2-4,8-9,18H2,1H3,(H,29,31)/t24-,26-/m0/s1. The second-order valence-corrected chi connectivity index (χ2v) is 10.0. The monoisotopic (exact) mass is 506 g/mol. The van der Waals surface area contributed by atoms with E-state index in [-0.39, 0.29) is 24.5 Å². The van der Waals surface area contributed by atoms with Crippen molar-refractivity contribution in [3.05, 3.63) is 70.9 Å². The molecule has 0 spiro atoms. The van der Waals surface area contributed by atoms with Crippen LogP contribution in [-0.4, -0.2) is 37.7 Å². The number of benzene rings is 2. The molecule has 2 aliphatic rings. The highest BCUT2D eigenvalue weighted by Crippen LogP contribution is 2.36. The van der Waals surface area contributed by atoms with E-state index in [1.165, 1.54) is 17.8 Å². The molecule has 1 N–H and O–H groups in total. The van der Waals surface area contributed by atoms with Gasteiger partial charge in [-0.25, -0.2) is 0 Å². The fraction of sp³-hybridized carbons (Fsp3) is 0.357. The number of para-hydroxylation sites is 2. The summed E-state index contributed by atoms with van der Waals surface area (Å²) < 4.78 is 17.2. The highest BCUT2D eigenvalue weighted by Gasteiger charge is 2.40. The SMILES string of the molecule is COc1ccc(N(C(=O)[C@@H]2COc3ccccc3O2)[C@H](C(=O)NC2CCCCC2)c2cccs2)cc1. The number of hydrogen-bond acceptors (Lipinski definition) is 6. The Kier molecular flexibility index (Phi) is 7.41. The van der Waals surface area contributed by atoms with Gasteiger partial charge in [-0.1, -0.05) is 37.5 Å². The number of carbonyl (C=O) groups excluding carboxylic acids is 2. The number of amides is 2. The van der Waals surface area contributed by atoms with Gasteiger partial charge >= 0.3 is 0 Å². The Morgan fingerprint density at radius 3 is 2.44 bits per heavy atom. The first-order chi connectivity index (χ1) is 17.6. The van der Waals surface area contributed by atoms with Crippen molar-refractivity contribution >= 4 is 28.8 Å². The lowest BCUT2D eigenvalue weighted by atomic mass is 9.95. The molecular formula is C28H30N2O5S. The van der Waals surface area contributed by atoms with Crippen LogP contribution in [0, 0.1) is 0 Å². The third-order valence-corrected chi connectivity index (χ3v) is 7.57. The molecule has 0 bridgehead atoms. The average molecular weight is 507 g/mol. The molecule has 1 fully saturated rings. The summed E-state index contributed by atoms with van der Waals surface area (Å²) in [6.07, 6.45) is 4.40. The van der Waals surface area contributed by atoms with E-state index in [0.29, 0.717) is 22.9 Å². The molecule has 0 unspecified atom stereocenters. The second kappa shape index (κ2) is 11.0. The van der Waals surface area contributed by atoms with Crippen LogP contribution < -0.4 is 24.4 Å². The molecule has 3 aromatic rings. The first kappa shape index (κ1) is 24.2. The smallest absolute Gasteiger partial charge is 0.272 e. The molecule has 0 radical (unpaired) electrons. The van der Waals surface area contributed by atoms with Gasteiger partial charge in [0, 0.05) is 16.6 Å². The number of ether oxygens (including phenoxy) is 3. The van der Waals surface area contributed by atoms with Gasteiger partial charge in [0.05, 0.1) is 7.11 Å². The van der Waals surface area contributed by atoms with Crippen LogP contribution in [0.4, 0.5) is 5.69 Å². The Balaban J connectivity index is 1.50. The molecule has 2 aromatic carbocycles. The third-order valence-electron chi connectivity index (χ3n) is 6.64. The fourth-order valence-corrected chi connectivity index (χ4v) is 5.60. The number of hydrogen-bond donors (Lipinski definition) is 1. The molecule has 1 saturated carbocycles. The van der Waals surface area contributed by atoms with E-state index >= 15 is 0 Å². The maximum Gasteiger partial charge on any atom is 0.272 e. The van der Waals surface area contributed by atoms with Gasteiger partial charge in [0.15, 0.2) is 11.5 Å². The fourth-order valence-electron chi connectivity index (χ4n) is 4.79. The Morgan fingerprint density at radius 2 is 1.75 bits per heavy atom. The minimum absolute atomic E-state index is 0.0594. The first-order valence-electron chi connectivity index (χ1n) is 12.3. The summed E-state index contributed by atoms with van der Waals surface area (Å²) in [6.45, 7) is 0.0594. The lowest BCUT2D eigenvalue weighted by molar-refractivity contribution is -0.132. The second-order valence-electron chi connectivity index (χ2n) is 9.03. The van der Waals surface area contributed by atoms with Gasteiger partial charge in [0.1, 0.15) is 18.4 Å². The zero-order valence-electron chi connectivity index (χ0n) is 20.2. The molecule has 8 heteroatoms. The van der Waals surface area contributed by atoms with Crippen LogP contribution in [0.5, 0.6) is 17.2 Å². The number of fused-ring (bicyclic) bond motifs is 1. The van der Waals surface area contributed by atoms with Crippen LogP contribution in [-0.2, 0) is 9.59 Å². The normalized spacial score (nSPS) is 18.2. The first-order valence-corrected chi connectivity index (χ1v) is 13.2. The summed E-state index contributed by atoms with van der Waals surface area (Å²) in [4.78, 5) is 30.3. The lowest BCUT2D eigenvalue weighted by Gasteiger charge is -2.35. The van der Waals surface area contributed by atoms with Crippen molar-refractivity contribution in [3.8, 4) is 17.2 Å². The molecule has 36 heavy (non-hydrogen) atoms. The Morgan fingerprint density at radius 1 is 1.00 bits per heavy atom. The van der Waals surface area contributed by atoms with Crippen LogP contribution in [0.15, 0.2) is 66.0 Å². The minimum Gasteiger partial charge on any atom is -0.497 e. The molecule has 1 aromatic heterocycles. The topological polar surface area (TPSA) is 77.1 Å². The molecule has 7 nitrogen and oxygen atoms in total. The minimum atomic E-state index is -0.896. The molecule has 188 valence electrons. The van der Waals surface area contributed by atoms with E-state index in [1.807, 2.05) is 35.7 Å². The van der Waals surface area contributed by atoms with Crippen LogP contribution in [0.25, 0.3) is 0 Å². The Labute approximate surface area is 215 Å². The van der Waals surface area contributed by atoms with E-state index in [1.54, 1.807) is 42.3 Å². The molecule has 0 saturated heterocycles. The number of thiophene rings is 1. The molecule has 1 aliphatic carbocycles. The van der Waals surface area contributed by atoms with Gasteiger partial charge in [-0.2, -0.15) is 0 Å². The van der Waals surface area contributed by atoms with Crippen molar-refractivity contribution in [3.63, 3.8) is 0 Å². The summed E-state index contributed by atoms with van der Waals surface area (Å²) in [5.74, 6) is 1.24. The van der Waals surface area contributed by atoms with Crippen LogP contribution in [0.1, 0.15) is 43.0 Å². The van der Waals surface area contributed by atoms with Gasteiger partial charge in [0.25, 0.3) is 5.91 Å². The van der Waals surface area contributed by atoms with Crippen molar-refractivity contribution in [1.82, 2.24) is 5.32 Å². The zero-order chi connectivity index (χ0) is 24.9.